The zero-order valence-electron chi connectivity index (χ0n) is 10.6. The number of benzene rings is 1. The van der Waals surface area contributed by atoms with Crippen molar-refractivity contribution in [3.8, 4) is 0 Å². The fourth-order valence-electron chi connectivity index (χ4n) is 1.71. The Balaban J connectivity index is 2.11. The van der Waals surface area contributed by atoms with Crippen molar-refractivity contribution < 1.29 is 9.90 Å². The predicted octanol–water partition coefficient (Wildman–Crippen LogP) is 2.09. The monoisotopic (exact) mass is 277 g/mol. The van der Waals surface area contributed by atoms with E-state index in [1.165, 1.54) is 11.8 Å². The van der Waals surface area contributed by atoms with Crippen LogP contribution in [0.25, 0.3) is 0 Å². The van der Waals surface area contributed by atoms with Gasteiger partial charge in [0.25, 0.3) is 0 Å². The van der Waals surface area contributed by atoms with Crippen LogP contribution in [0.3, 0.4) is 0 Å². The van der Waals surface area contributed by atoms with E-state index in [1.54, 1.807) is 10.9 Å². The number of rotatable bonds is 6. The van der Waals surface area contributed by atoms with E-state index in [0.29, 0.717) is 13.0 Å². The number of hydrogen-bond donors (Lipinski definition) is 1. The summed E-state index contributed by atoms with van der Waals surface area (Å²) in [4.78, 5) is 11.4. The summed E-state index contributed by atoms with van der Waals surface area (Å²) >= 11 is 1.29. The molecule has 1 atom stereocenters. The van der Waals surface area contributed by atoms with Crippen molar-refractivity contribution in [3.63, 3.8) is 0 Å². The van der Waals surface area contributed by atoms with Gasteiger partial charge in [-0.05, 0) is 18.9 Å². The number of aromatic nitrogens is 3. The maximum Gasteiger partial charge on any atom is 0.317 e. The molecule has 0 radical (unpaired) electrons. The van der Waals surface area contributed by atoms with Crippen molar-refractivity contribution in [3.05, 3.63) is 42.1 Å². The summed E-state index contributed by atoms with van der Waals surface area (Å²) in [6.45, 7) is 2.63. The Bertz CT molecular complexity index is 542. The third kappa shape index (κ3) is 3.57. The number of nitrogens with zero attached hydrogens (tertiary/aromatic N) is 3. The van der Waals surface area contributed by atoms with Crippen LogP contribution in [0.2, 0.25) is 0 Å². The number of aryl methyl sites for hydroxylation is 1. The van der Waals surface area contributed by atoms with Crippen molar-refractivity contribution in [2.45, 2.75) is 30.2 Å². The molecule has 1 heterocycles. The third-order valence-electron chi connectivity index (χ3n) is 2.68. The number of hydrogen-bond acceptors (Lipinski definition) is 4. The number of carboxylic acids is 1. The van der Waals surface area contributed by atoms with E-state index in [0.717, 1.165) is 10.6 Å². The molecule has 1 N–H and O–H groups in total. The molecule has 6 heteroatoms. The topological polar surface area (TPSA) is 68.0 Å². The van der Waals surface area contributed by atoms with Crippen molar-refractivity contribution in [2.75, 3.05) is 0 Å². The maximum absolute atomic E-state index is 11.4. The van der Waals surface area contributed by atoms with Gasteiger partial charge in [0, 0.05) is 6.54 Å². The van der Waals surface area contributed by atoms with E-state index < -0.39 is 11.2 Å². The number of aliphatic carboxylic acids is 1. The summed E-state index contributed by atoms with van der Waals surface area (Å²) in [6, 6.07) is 9.62. The van der Waals surface area contributed by atoms with Crippen LogP contribution >= 0.6 is 11.8 Å². The van der Waals surface area contributed by atoms with Gasteiger partial charge in [-0.3, -0.25) is 4.79 Å². The second kappa shape index (κ2) is 6.38. The van der Waals surface area contributed by atoms with E-state index in [2.05, 4.69) is 10.3 Å². The molecule has 0 saturated carbocycles. The van der Waals surface area contributed by atoms with Crippen LogP contribution in [0.5, 0.6) is 0 Å². The first-order valence-corrected chi connectivity index (χ1v) is 6.90. The molecule has 0 bridgehead atoms. The lowest BCUT2D eigenvalue weighted by Gasteiger charge is -2.12. The van der Waals surface area contributed by atoms with Gasteiger partial charge in [0.2, 0.25) is 0 Å². The standard InChI is InChI=1S/C13H15N3O2S/c1-2-16-12(9-14-15-16)19-11(13(17)18)8-10-6-4-3-5-7-10/h3-7,9,11H,2,8H2,1H3,(H,17,18). The average Bonchev–Trinajstić information content (AvgIpc) is 2.86. The predicted molar refractivity (Wildman–Crippen MR) is 73.1 cm³/mol. The Morgan fingerprint density at radius 3 is 2.79 bits per heavy atom. The SMILES string of the molecule is CCn1nncc1SC(Cc1ccccc1)C(=O)O. The zero-order chi connectivity index (χ0) is 13.7. The molecule has 0 aliphatic heterocycles. The van der Waals surface area contributed by atoms with Crippen molar-refractivity contribution in [1.82, 2.24) is 15.0 Å². The highest BCUT2D eigenvalue weighted by molar-refractivity contribution is 8.00. The molecule has 2 aromatic rings. The van der Waals surface area contributed by atoms with Gasteiger partial charge in [-0.1, -0.05) is 47.3 Å². The van der Waals surface area contributed by atoms with Crippen LogP contribution < -0.4 is 0 Å². The van der Waals surface area contributed by atoms with Crippen LogP contribution in [-0.2, 0) is 17.8 Å². The normalized spacial score (nSPS) is 12.3. The third-order valence-corrected chi connectivity index (χ3v) is 3.89. The summed E-state index contributed by atoms with van der Waals surface area (Å²) in [6.07, 6.45) is 2.09. The van der Waals surface area contributed by atoms with Gasteiger partial charge in [0.1, 0.15) is 10.3 Å². The molecule has 19 heavy (non-hydrogen) atoms. The Morgan fingerprint density at radius 1 is 1.42 bits per heavy atom. The van der Waals surface area contributed by atoms with Gasteiger partial charge in [0.15, 0.2) is 0 Å². The first kappa shape index (κ1) is 13.6. The van der Waals surface area contributed by atoms with E-state index in [1.807, 2.05) is 37.3 Å². The largest absolute Gasteiger partial charge is 0.480 e. The van der Waals surface area contributed by atoms with Gasteiger partial charge in [-0.15, -0.1) is 5.10 Å². The first-order valence-electron chi connectivity index (χ1n) is 6.02. The van der Waals surface area contributed by atoms with Crippen molar-refractivity contribution >= 4 is 17.7 Å². The van der Waals surface area contributed by atoms with Crippen molar-refractivity contribution in [1.29, 1.82) is 0 Å². The minimum Gasteiger partial charge on any atom is -0.480 e. The Morgan fingerprint density at radius 2 is 2.16 bits per heavy atom. The molecule has 0 amide bonds. The van der Waals surface area contributed by atoms with Crippen LogP contribution in [-0.4, -0.2) is 31.3 Å². The molecule has 0 fully saturated rings. The molecular formula is C13H15N3O2S. The van der Waals surface area contributed by atoms with E-state index in [4.69, 9.17) is 0 Å². The van der Waals surface area contributed by atoms with Gasteiger partial charge < -0.3 is 5.11 Å². The van der Waals surface area contributed by atoms with E-state index >= 15 is 0 Å². The summed E-state index contributed by atoms with van der Waals surface area (Å²) in [5.74, 6) is -0.822. The molecule has 0 spiro atoms. The fourth-order valence-corrected chi connectivity index (χ4v) is 2.78. The molecule has 0 aliphatic rings. The molecule has 1 aromatic heterocycles. The Hall–Kier alpha value is -1.82. The number of carboxylic acid groups (broad SMARTS) is 1. The summed E-state index contributed by atoms with van der Waals surface area (Å²) in [5, 5.41) is 17.3. The zero-order valence-corrected chi connectivity index (χ0v) is 11.4. The van der Waals surface area contributed by atoms with Gasteiger partial charge in [-0.25, -0.2) is 4.68 Å². The number of carbonyl (C=O) groups is 1. The highest BCUT2D eigenvalue weighted by Gasteiger charge is 2.21. The highest BCUT2D eigenvalue weighted by atomic mass is 32.2. The minimum atomic E-state index is -0.822. The molecule has 1 unspecified atom stereocenters. The molecule has 2 rings (SSSR count). The smallest absolute Gasteiger partial charge is 0.317 e. The van der Waals surface area contributed by atoms with Gasteiger partial charge in [-0.2, -0.15) is 0 Å². The molecule has 100 valence electrons. The lowest BCUT2D eigenvalue weighted by Crippen LogP contribution is -2.19. The summed E-state index contributed by atoms with van der Waals surface area (Å²) in [5.41, 5.74) is 1.01. The average molecular weight is 277 g/mol. The maximum atomic E-state index is 11.4. The molecule has 5 nitrogen and oxygen atoms in total. The fraction of sp³-hybridized carbons (Fsp3) is 0.308. The second-order valence-electron chi connectivity index (χ2n) is 4.02. The van der Waals surface area contributed by atoms with Crippen LogP contribution in [0, 0.1) is 0 Å². The van der Waals surface area contributed by atoms with Crippen molar-refractivity contribution in [2.24, 2.45) is 0 Å². The number of thioether (sulfide) groups is 1. The van der Waals surface area contributed by atoms with Crippen LogP contribution in [0.1, 0.15) is 12.5 Å². The van der Waals surface area contributed by atoms with Gasteiger partial charge in [0.05, 0.1) is 6.20 Å². The van der Waals surface area contributed by atoms with Gasteiger partial charge >= 0.3 is 5.97 Å². The molecular weight excluding hydrogens is 262 g/mol. The molecule has 0 saturated heterocycles. The Kier molecular flexibility index (Phi) is 4.57. The minimum absolute atomic E-state index is 0.482. The summed E-state index contributed by atoms with van der Waals surface area (Å²) in [7, 11) is 0. The molecule has 1 aromatic carbocycles. The van der Waals surface area contributed by atoms with E-state index in [-0.39, 0.29) is 0 Å². The second-order valence-corrected chi connectivity index (χ2v) is 5.25. The lowest BCUT2D eigenvalue weighted by molar-refractivity contribution is -0.136. The Labute approximate surface area is 115 Å². The molecule has 0 aliphatic carbocycles. The van der Waals surface area contributed by atoms with Crippen LogP contribution in [0.4, 0.5) is 0 Å². The van der Waals surface area contributed by atoms with E-state index in [9.17, 15) is 9.90 Å². The van der Waals surface area contributed by atoms with Crippen LogP contribution in [0.15, 0.2) is 41.6 Å². The summed E-state index contributed by atoms with van der Waals surface area (Å²) < 4.78 is 1.70. The quantitative estimate of drug-likeness (QED) is 0.819. The lowest BCUT2D eigenvalue weighted by atomic mass is 10.1. The highest BCUT2D eigenvalue weighted by Crippen LogP contribution is 2.25. The first-order chi connectivity index (χ1) is 9.20.